The second-order valence-electron chi connectivity index (χ2n) is 4.68. The van der Waals surface area contributed by atoms with Crippen LogP contribution in [0.1, 0.15) is 20.8 Å². The van der Waals surface area contributed by atoms with Crippen molar-refractivity contribution in [3.05, 3.63) is 0 Å². The highest BCUT2D eigenvalue weighted by atomic mass is 127. The maximum atomic E-state index is 12.3. The quantitative estimate of drug-likeness (QED) is 0.441. The van der Waals surface area contributed by atoms with Gasteiger partial charge in [-0.3, -0.25) is 0 Å². The summed E-state index contributed by atoms with van der Waals surface area (Å²) in [6.07, 6.45) is -2.38. The van der Waals surface area contributed by atoms with Gasteiger partial charge >= 0.3 is 0 Å². The standard InChI is InChI=1S/C12H23F2N3S.HI/c1-4-15-12(16-7-11(13)14)17-5-6-18-10(8-17)9(2)3;/h9-11H,4-8H2,1-3H3,(H,15,16);1H. The number of rotatable bonds is 4. The largest absolute Gasteiger partial charge is 0.357 e. The summed E-state index contributed by atoms with van der Waals surface area (Å²) in [6, 6.07) is 0. The zero-order chi connectivity index (χ0) is 13.5. The Morgan fingerprint density at radius 3 is 2.68 bits per heavy atom. The monoisotopic (exact) mass is 407 g/mol. The molecule has 0 spiro atoms. The van der Waals surface area contributed by atoms with Gasteiger partial charge in [0.2, 0.25) is 0 Å². The molecule has 0 aromatic carbocycles. The van der Waals surface area contributed by atoms with Crippen LogP contribution in [0.4, 0.5) is 8.78 Å². The third-order valence-corrected chi connectivity index (χ3v) is 4.39. The van der Waals surface area contributed by atoms with Gasteiger partial charge in [0.15, 0.2) is 5.96 Å². The minimum Gasteiger partial charge on any atom is -0.357 e. The molecule has 0 bridgehead atoms. The van der Waals surface area contributed by atoms with Crippen LogP contribution >= 0.6 is 35.7 Å². The number of alkyl halides is 2. The minimum atomic E-state index is -2.38. The van der Waals surface area contributed by atoms with Crippen LogP contribution in [0.5, 0.6) is 0 Å². The summed E-state index contributed by atoms with van der Waals surface area (Å²) in [5.74, 6) is 2.25. The van der Waals surface area contributed by atoms with E-state index in [1.165, 1.54) is 0 Å². The first-order chi connectivity index (χ1) is 8.54. The zero-order valence-corrected chi connectivity index (χ0v) is 14.9. The predicted octanol–water partition coefficient (Wildman–Crippen LogP) is 2.91. The van der Waals surface area contributed by atoms with E-state index >= 15 is 0 Å². The van der Waals surface area contributed by atoms with Crippen molar-refractivity contribution in [1.29, 1.82) is 0 Å². The second-order valence-corrected chi connectivity index (χ2v) is 6.03. The summed E-state index contributed by atoms with van der Waals surface area (Å²) in [4.78, 5) is 6.11. The lowest BCUT2D eigenvalue weighted by molar-refractivity contribution is 0.158. The van der Waals surface area contributed by atoms with Crippen molar-refractivity contribution in [2.24, 2.45) is 10.9 Å². The van der Waals surface area contributed by atoms with Crippen LogP contribution in [0.15, 0.2) is 4.99 Å². The molecule has 0 radical (unpaired) electrons. The molecule has 3 nitrogen and oxygen atoms in total. The molecule has 1 aliphatic heterocycles. The molecular weight excluding hydrogens is 383 g/mol. The van der Waals surface area contributed by atoms with Crippen molar-refractivity contribution in [2.75, 3.05) is 31.9 Å². The number of nitrogens with one attached hydrogen (secondary N) is 1. The molecule has 0 aromatic rings. The molecule has 0 amide bonds. The fourth-order valence-electron chi connectivity index (χ4n) is 1.85. The average Bonchev–Trinajstić information content (AvgIpc) is 2.34. The van der Waals surface area contributed by atoms with E-state index in [-0.39, 0.29) is 24.0 Å². The Morgan fingerprint density at radius 1 is 1.47 bits per heavy atom. The summed E-state index contributed by atoms with van der Waals surface area (Å²) in [5.41, 5.74) is 0. The van der Waals surface area contributed by atoms with Crippen molar-refractivity contribution in [3.63, 3.8) is 0 Å². The van der Waals surface area contributed by atoms with E-state index in [1.54, 1.807) is 0 Å². The van der Waals surface area contributed by atoms with Crippen LogP contribution in [0.25, 0.3) is 0 Å². The highest BCUT2D eigenvalue weighted by Gasteiger charge is 2.24. The van der Waals surface area contributed by atoms with Crippen LogP contribution in [0.2, 0.25) is 0 Å². The smallest absolute Gasteiger partial charge is 0.257 e. The Bertz CT molecular complexity index is 278. The van der Waals surface area contributed by atoms with Gasteiger partial charge in [0.25, 0.3) is 6.43 Å². The molecule has 1 rings (SSSR count). The van der Waals surface area contributed by atoms with E-state index in [0.29, 0.717) is 23.7 Å². The average molecular weight is 407 g/mol. The van der Waals surface area contributed by atoms with E-state index in [2.05, 4.69) is 29.1 Å². The van der Waals surface area contributed by atoms with Crippen LogP contribution in [0.3, 0.4) is 0 Å². The Kier molecular flexibility index (Phi) is 10.1. The third-order valence-electron chi connectivity index (χ3n) is 2.85. The molecule has 7 heteroatoms. The van der Waals surface area contributed by atoms with E-state index in [1.807, 2.05) is 18.7 Å². The van der Waals surface area contributed by atoms with Crippen LogP contribution in [-0.4, -0.2) is 54.5 Å². The van der Waals surface area contributed by atoms with E-state index in [4.69, 9.17) is 0 Å². The molecule has 0 aliphatic carbocycles. The predicted molar refractivity (Wildman–Crippen MR) is 90.1 cm³/mol. The van der Waals surface area contributed by atoms with Gasteiger partial charge in [-0.1, -0.05) is 13.8 Å². The Labute approximate surface area is 136 Å². The first-order valence-electron chi connectivity index (χ1n) is 6.47. The molecule has 1 aliphatic rings. The molecule has 114 valence electrons. The second kappa shape index (κ2) is 10.0. The number of guanidine groups is 1. The Morgan fingerprint density at radius 2 is 2.16 bits per heavy atom. The van der Waals surface area contributed by atoms with Crippen molar-refractivity contribution in [2.45, 2.75) is 32.4 Å². The fraction of sp³-hybridized carbons (Fsp3) is 0.917. The molecule has 1 heterocycles. The third kappa shape index (κ3) is 6.97. The molecule has 1 fully saturated rings. The number of nitrogens with zero attached hydrogens (tertiary/aromatic N) is 2. The van der Waals surface area contributed by atoms with Gasteiger partial charge in [-0.15, -0.1) is 24.0 Å². The number of hydrogen-bond acceptors (Lipinski definition) is 2. The molecule has 0 saturated carbocycles. The summed E-state index contributed by atoms with van der Waals surface area (Å²) in [5, 5.41) is 3.65. The fourth-order valence-corrected chi connectivity index (χ4v) is 3.15. The van der Waals surface area contributed by atoms with E-state index in [9.17, 15) is 8.78 Å². The van der Waals surface area contributed by atoms with E-state index < -0.39 is 13.0 Å². The van der Waals surface area contributed by atoms with E-state index in [0.717, 1.165) is 18.8 Å². The van der Waals surface area contributed by atoms with Crippen molar-refractivity contribution < 1.29 is 8.78 Å². The summed E-state index contributed by atoms with van der Waals surface area (Å²) >= 11 is 1.96. The summed E-state index contributed by atoms with van der Waals surface area (Å²) in [6.45, 7) is 8.40. The Hall–Kier alpha value is 0.210. The van der Waals surface area contributed by atoms with Crippen LogP contribution < -0.4 is 5.32 Å². The van der Waals surface area contributed by atoms with Gasteiger partial charge < -0.3 is 10.2 Å². The lowest BCUT2D eigenvalue weighted by Crippen LogP contribution is -2.49. The maximum Gasteiger partial charge on any atom is 0.257 e. The number of halogens is 3. The number of hydrogen-bond donors (Lipinski definition) is 1. The highest BCUT2D eigenvalue weighted by Crippen LogP contribution is 2.24. The topological polar surface area (TPSA) is 27.6 Å². The molecule has 1 unspecified atom stereocenters. The van der Waals surface area contributed by atoms with Crippen LogP contribution in [-0.2, 0) is 0 Å². The summed E-state index contributed by atoms with van der Waals surface area (Å²) < 4.78 is 24.5. The first-order valence-corrected chi connectivity index (χ1v) is 7.52. The zero-order valence-electron chi connectivity index (χ0n) is 11.7. The van der Waals surface area contributed by atoms with Gasteiger partial charge in [0.1, 0.15) is 6.54 Å². The molecule has 1 N–H and O–H groups in total. The molecular formula is C12H24F2IN3S. The van der Waals surface area contributed by atoms with Gasteiger partial charge in [-0.25, -0.2) is 13.8 Å². The van der Waals surface area contributed by atoms with Gasteiger partial charge in [-0.2, -0.15) is 11.8 Å². The maximum absolute atomic E-state index is 12.3. The van der Waals surface area contributed by atoms with Crippen molar-refractivity contribution in [1.82, 2.24) is 10.2 Å². The lowest BCUT2D eigenvalue weighted by Gasteiger charge is -2.36. The SMILES string of the molecule is CCNC(=NCC(F)F)N1CCSC(C(C)C)C1.I. The van der Waals surface area contributed by atoms with Crippen molar-refractivity contribution in [3.8, 4) is 0 Å². The lowest BCUT2D eigenvalue weighted by atomic mass is 10.1. The van der Waals surface area contributed by atoms with Crippen LogP contribution in [0, 0.1) is 5.92 Å². The summed E-state index contributed by atoms with van der Waals surface area (Å²) in [7, 11) is 0. The molecule has 19 heavy (non-hydrogen) atoms. The highest BCUT2D eigenvalue weighted by molar-refractivity contribution is 14.0. The minimum absolute atomic E-state index is 0. The molecule has 1 saturated heterocycles. The molecule has 0 aromatic heterocycles. The van der Waals surface area contributed by atoms with Gasteiger partial charge in [-0.05, 0) is 12.8 Å². The molecule has 1 atom stereocenters. The number of thioether (sulfide) groups is 1. The van der Waals surface area contributed by atoms with Crippen molar-refractivity contribution >= 4 is 41.7 Å². The van der Waals surface area contributed by atoms with Gasteiger partial charge in [0, 0.05) is 30.6 Å². The first kappa shape index (κ1) is 19.2. The Balaban J connectivity index is 0.00000324. The van der Waals surface area contributed by atoms with Gasteiger partial charge in [0.05, 0.1) is 0 Å². The normalized spacial score (nSPS) is 20.7. The number of aliphatic imine (C=N–C) groups is 1.